The summed E-state index contributed by atoms with van der Waals surface area (Å²) in [5, 5.41) is 8.85. The Kier molecular flexibility index (Phi) is 17.9. The molecule has 9 nitrogen and oxygen atoms in total. The van der Waals surface area contributed by atoms with Crippen molar-refractivity contribution < 1.29 is 89.2 Å². The summed E-state index contributed by atoms with van der Waals surface area (Å²) in [6.45, 7) is 6.41. The molecule has 0 amide bonds. The molecular weight excluding hydrogens is 733 g/mol. The second-order valence-electron chi connectivity index (χ2n) is 11.6. The molecule has 4 aromatic rings. The van der Waals surface area contributed by atoms with Crippen molar-refractivity contribution in [3.05, 3.63) is 128 Å². The van der Waals surface area contributed by atoms with Gasteiger partial charge in [0.15, 0.2) is 11.6 Å². The quantitative estimate of drug-likeness (QED) is 0.0795. The van der Waals surface area contributed by atoms with Gasteiger partial charge in [-0.3, -0.25) is 9.59 Å². The van der Waals surface area contributed by atoms with E-state index < -0.39 is 41.2 Å². The molecule has 4 aromatic carbocycles. The number of methoxy groups -OCH3 is 1. The summed E-state index contributed by atoms with van der Waals surface area (Å²) in [5.74, 6) is -2.88. The van der Waals surface area contributed by atoms with Crippen molar-refractivity contribution >= 4 is 23.5 Å². The Bertz CT molecular complexity index is 1960. The van der Waals surface area contributed by atoms with Crippen molar-refractivity contribution in [1.29, 1.82) is 0 Å². The standard InChI is InChI=1S/C20H19F3O4.C19H17F3O4.Li.H2O/c1-4-27-18-12(2)9-13(10-16(18)20(21,22)23)11-17(24)14-5-7-15(8-6-14)19(25)26-3;1-3-26-17-11(2)8-12(9-15(17)19(20,21)22)10-16(23)13-4-6-14(7-5-13)18(24)25;;/h5-10H,4,11H2,1-3H3;4-9H,3,10H2,1-2H3,(H,24,25);;1H2/q;;+1;/p-1. The van der Waals surface area contributed by atoms with Gasteiger partial charge < -0.3 is 24.8 Å². The van der Waals surface area contributed by atoms with Crippen LogP contribution < -0.4 is 28.3 Å². The zero-order chi connectivity index (χ0) is 39.7. The van der Waals surface area contributed by atoms with Crippen LogP contribution >= 0.6 is 0 Å². The monoisotopic (exact) mass is 770 g/mol. The van der Waals surface area contributed by atoms with Gasteiger partial charge in [0.25, 0.3) is 0 Å². The maximum absolute atomic E-state index is 13.3. The minimum absolute atomic E-state index is 0. The van der Waals surface area contributed by atoms with E-state index in [4.69, 9.17) is 14.6 Å². The first-order valence-electron chi connectivity index (χ1n) is 16.1. The second kappa shape index (κ2) is 20.5. The van der Waals surface area contributed by atoms with Gasteiger partial charge in [0.05, 0.1) is 42.6 Å². The average Bonchev–Trinajstić information content (AvgIpc) is 3.09. The van der Waals surface area contributed by atoms with E-state index in [-0.39, 0.29) is 95.5 Å². The fourth-order valence-corrected chi connectivity index (χ4v) is 5.28. The molecule has 290 valence electrons. The number of halogens is 6. The van der Waals surface area contributed by atoms with Crippen LogP contribution in [0.2, 0.25) is 0 Å². The first-order valence-corrected chi connectivity index (χ1v) is 16.1. The van der Waals surface area contributed by atoms with Gasteiger partial charge >= 0.3 is 43.2 Å². The van der Waals surface area contributed by atoms with Crippen molar-refractivity contribution in [2.45, 2.75) is 52.9 Å². The first-order chi connectivity index (χ1) is 24.8. The molecule has 0 atom stereocenters. The van der Waals surface area contributed by atoms with Crippen LogP contribution in [0.25, 0.3) is 0 Å². The normalized spacial score (nSPS) is 10.8. The van der Waals surface area contributed by atoms with Crippen LogP contribution in [0, 0.1) is 13.8 Å². The van der Waals surface area contributed by atoms with Crippen molar-refractivity contribution in [2.75, 3.05) is 20.3 Å². The maximum atomic E-state index is 13.3. The van der Waals surface area contributed by atoms with E-state index in [2.05, 4.69) is 4.74 Å². The molecule has 0 aromatic heterocycles. The minimum Gasteiger partial charge on any atom is -0.870 e. The Morgan fingerprint density at radius 3 is 1.22 bits per heavy atom. The molecule has 0 saturated heterocycles. The zero-order valence-corrected chi connectivity index (χ0v) is 30.8. The number of hydrogen-bond donors (Lipinski definition) is 1. The van der Waals surface area contributed by atoms with E-state index in [9.17, 15) is 45.5 Å². The molecule has 0 heterocycles. The molecule has 2 N–H and O–H groups in total. The summed E-state index contributed by atoms with van der Waals surface area (Å²) < 4.78 is 94.7. The van der Waals surface area contributed by atoms with Crippen LogP contribution in [-0.4, -0.2) is 54.4 Å². The third-order valence-electron chi connectivity index (χ3n) is 7.67. The van der Waals surface area contributed by atoms with Gasteiger partial charge in [-0.2, -0.15) is 26.3 Å². The number of aryl methyl sites for hydroxylation is 2. The molecule has 0 aliphatic rings. The number of carbonyl (C=O) groups is 4. The number of aromatic carboxylic acids is 1. The van der Waals surface area contributed by atoms with Crippen LogP contribution in [0.4, 0.5) is 26.3 Å². The van der Waals surface area contributed by atoms with Gasteiger partial charge in [-0.25, -0.2) is 9.59 Å². The van der Waals surface area contributed by atoms with Crippen LogP contribution in [0.1, 0.15) is 88.7 Å². The molecule has 0 unspecified atom stereocenters. The van der Waals surface area contributed by atoms with E-state index in [0.29, 0.717) is 16.7 Å². The topological polar surface area (TPSA) is 146 Å². The fourth-order valence-electron chi connectivity index (χ4n) is 5.28. The Hall–Kier alpha value is -5.10. The van der Waals surface area contributed by atoms with E-state index in [0.717, 1.165) is 12.1 Å². The van der Waals surface area contributed by atoms with Crippen molar-refractivity contribution in [2.24, 2.45) is 0 Å². The van der Waals surface area contributed by atoms with Crippen LogP contribution in [0.5, 0.6) is 11.5 Å². The molecule has 55 heavy (non-hydrogen) atoms. The molecule has 0 saturated carbocycles. The number of hydrogen-bond acceptors (Lipinski definition) is 8. The van der Waals surface area contributed by atoms with E-state index in [1.165, 1.54) is 81.6 Å². The number of rotatable bonds is 12. The third-order valence-corrected chi connectivity index (χ3v) is 7.67. The summed E-state index contributed by atoms with van der Waals surface area (Å²) in [6, 6.07) is 15.9. The minimum atomic E-state index is -4.60. The Labute approximate surface area is 325 Å². The number of benzene rings is 4. The molecule has 4 rings (SSSR count). The molecular formula is C39H37F6LiO9. The van der Waals surface area contributed by atoms with Gasteiger partial charge in [-0.1, -0.05) is 36.4 Å². The number of Topliss-reactive ketones (excluding diaryl/α,β-unsaturated/α-hetero) is 2. The average molecular weight is 771 g/mol. The molecule has 0 radical (unpaired) electrons. The van der Waals surface area contributed by atoms with E-state index >= 15 is 0 Å². The van der Waals surface area contributed by atoms with Gasteiger partial charge in [-0.05, 0) is 86.3 Å². The number of carbonyl (C=O) groups excluding carboxylic acids is 3. The second-order valence-corrected chi connectivity index (χ2v) is 11.6. The molecule has 0 aliphatic carbocycles. The summed E-state index contributed by atoms with van der Waals surface area (Å²) >= 11 is 0. The summed E-state index contributed by atoms with van der Waals surface area (Å²) in [6.07, 6.45) is -9.62. The Morgan fingerprint density at radius 2 is 0.927 bits per heavy atom. The SMILES string of the molecule is CCOc1c(C)cc(CC(=O)c2ccc(C(=O)O)cc2)cc1C(F)(F)F.CCOc1c(C)cc(CC(=O)c2ccc(C(=O)OC)cc2)cc1C(F)(F)F.[Li+].[OH-]. The van der Waals surface area contributed by atoms with Gasteiger partial charge in [0, 0.05) is 24.0 Å². The van der Waals surface area contributed by atoms with Crippen molar-refractivity contribution in [1.82, 2.24) is 0 Å². The number of ether oxygens (including phenoxy) is 3. The number of esters is 1. The summed E-state index contributed by atoms with van der Waals surface area (Å²) in [4.78, 5) is 47.0. The fraction of sp³-hybridized carbons (Fsp3) is 0.282. The number of alkyl halides is 6. The first kappa shape index (κ1) is 47.9. The van der Waals surface area contributed by atoms with Crippen molar-refractivity contribution in [3.8, 4) is 11.5 Å². The van der Waals surface area contributed by atoms with Gasteiger partial charge in [0.1, 0.15) is 11.5 Å². The molecule has 0 fully saturated rings. The van der Waals surface area contributed by atoms with Gasteiger partial charge in [0.2, 0.25) is 0 Å². The molecule has 0 bridgehead atoms. The van der Waals surface area contributed by atoms with Crippen molar-refractivity contribution in [3.63, 3.8) is 0 Å². The predicted molar refractivity (Wildman–Crippen MR) is 184 cm³/mol. The van der Waals surface area contributed by atoms with Crippen LogP contribution in [0.3, 0.4) is 0 Å². The summed E-state index contributed by atoms with van der Waals surface area (Å²) in [5.41, 5.74) is 0.0923. The predicted octanol–water partition coefficient (Wildman–Crippen LogP) is 5.99. The number of carboxylic acids is 1. The molecule has 0 spiro atoms. The zero-order valence-electron chi connectivity index (χ0n) is 30.8. The smallest absolute Gasteiger partial charge is 0.870 e. The van der Waals surface area contributed by atoms with Crippen LogP contribution in [-0.2, 0) is 29.9 Å². The Balaban J connectivity index is 0.000000531. The third kappa shape index (κ3) is 13.0. The summed E-state index contributed by atoms with van der Waals surface area (Å²) in [7, 11) is 1.24. The Morgan fingerprint density at radius 1 is 0.600 bits per heavy atom. The number of carboxylic acid groups (broad SMARTS) is 1. The van der Waals surface area contributed by atoms with Crippen LogP contribution in [0.15, 0.2) is 72.8 Å². The maximum Gasteiger partial charge on any atom is 1.00 e. The number of ketones is 2. The van der Waals surface area contributed by atoms with E-state index in [1.54, 1.807) is 13.8 Å². The van der Waals surface area contributed by atoms with Gasteiger partial charge in [-0.15, -0.1) is 0 Å². The molecule has 16 heteroatoms. The molecule has 0 aliphatic heterocycles. The van der Waals surface area contributed by atoms with E-state index in [1.807, 2.05) is 0 Å². The largest absolute Gasteiger partial charge is 1.00 e.